The van der Waals surface area contributed by atoms with Crippen LogP contribution < -0.4 is 5.43 Å². The van der Waals surface area contributed by atoms with E-state index in [1.54, 1.807) is 6.92 Å². The maximum atomic E-state index is 13.2. The second-order valence-electron chi connectivity index (χ2n) is 3.50. The average Bonchev–Trinajstić information content (AvgIpc) is 2.20. The van der Waals surface area contributed by atoms with Gasteiger partial charge in [0.2, 0.25) is 0 Å². The van der Waals surface area contributed by atoms with Crippen molar-refractivity contribution in [1.82, 2.24) is 4.98 Å². The van der Waals surface area contributed by atoms with Crippen molar-refractivity contribution in [3.8, 4) is 0 Å². The number of hydrogen-bond acceptors (Lipinski definition) is 2. The molecule has 0 atom stereocenters. The first-order valence-corrected chi connectivity index (χ1v) is 4.55. The third-order valence-corrected chi connectivity index (χ3v) is 2.34. The Morgan fingerprint density at radius 1 is 1.38 bits per heavy atom. The van der Waals surface area contributed by atoms with Crippen molar-refractivity contribution < 1.29 is 14.3 Å². The maximum absolute atomic E-state index is 13.2. The van der Waals surface area contributed by atoms with Crippen molar-refractivity contribution in [1.29, 1.82) is 0 Å². The van der Waals surface area contributed by atoms with E-state index in [2.05, 4.69) is 4.98 Å². The summed E-state index contributed by atoms with van der Waals surface area (Å²) in [4.78, 5) is 24.7. The third kappa shape index (κ3) is 1.56. The number of rotatable bonds is 1. The monoisotopic (exact) mass is 221 g/mol. The zero-order chi connectivity index (χ0) is 11.9. The number of carboxylic acids is 1. The third-order valence-electron chi connectivity index (χ3n) is 2.34. The van der Waals surface area contributed by atoms with Gasteiger partial charge in [-0.1, -0.05) is 0 Å². The van der Waals surface area contributed by atoms with Gasteiger partial charge in [0.15, 0.2) is 5.43 Å². The van der Waals surface area contributed by atoms with E-state index in [1.165, 1.54) is 6.07 Å². The molecule has 0 aliphatic carbocycles. The molecule has 0 amide bonds. The van der Waals surface area contributed by atoms with Crippen molar-refractivity contribution >= 4 is 16.9 Å². The fourth-order valence-electron chi connectivity index (χ4n) is 1.49. The minimum Gasteiger partial charge on any atom is -0.477 e. The fourth-order valence-corrected chi connectivity index (χ4v) is 1.49. The van der Waals surface area contributed by atoms with E-state index in [1.807, 2.05) is 0 Å². The number of hydrogen-bond donors (Lipinski definition) is 2. The van der Waals surface area contributed by atoms with Crippen LogP contribution in [-0.2, 0) is 0 Å². The quantitative estimate of drug-likeness (QED) is 0.769. The van der Waals surface area contributed by atoms with E-state index in [4.69, 9.17) is 5.11 Å². The molecule has 1 aromatic heterocycles. The Morgan fingerprint density at radius 2 is 2.06 bits per heavy atom. The van der Waals surface area contributed by atoms with Gasteiger partial charge in [0.1, 0.15) is 11.5 Å². The lowest BCUT2D eigenvalue weighted by Crippen LogP contribution is -2.10. The molecule has 16 heavy (non-hydrogen) atoms. The molecule has 2 aromatic rings. The molecule has 0 aliphatic rings. The minimum absolute atomic E-state index is 0.188. The predicted molar refractivity (Wildman–Crippen MR) is 56.2 cm³/mol. The highest BCUT2D eigenvalue weighted by Crippen LogP contribution is 2.14. The highest BCUT2D eigenvalue weighted by atomic mass is 19.1. The van der Waals surface area contributed by atoms with Crippen LogP contribution in [0.3, 0.4) is 0 Å². The molecule has 1 heterocycles. The second-order valence-corrected chi connectivity index (χ2v) is 3.50. The van der Waals surface area contributed by atoms with E-state index in [9.17, 15) is 14.0 Å². The number of fused-ring (bicyclic) bond motifs is 1. The number of aryl methyl sites for hydroxylation is 1. The molecule has 0 saturated carbocycles. The number of aromatic nitrogens is 1. The fraction of sp³-hybridized carbons (Fsp3) is 0.0909. The number of benzene rings is 1. The SMILES string of the molecule is Cc1cc2c(=O)cc(C(=O)O)[nH]c2cc1F. The van der Waals surface area contributed by atoms with E-state index in [-0.39, 0.29) is 16.6 Å². The molecular formula is C11H8FNO3. The van der Waals surface area contributed by atoms with Gasteiger partial charge in [-0.05, 0) is 24.6 Å². The lowest BCUT2D eigenvalue weighted by atomic mass is 10.1. The van der Waals surface area contributed by atoms with Gasteiger partial charge in [0.05, 0.1) is 5.52 Å². The van der Waals surface area contributed by atoms with Gasteiger partial charge in [-0.2, -0.15) is 0 Å². The van der Waals surface area contributed by atoms with E-state index in [0.717, 1.165) is 12.1 Å². The van der Waals surface area contributed by atoms with Crippen LogP contribution in [0.1, 0.15) is 16.1 Å². The summed E-state index contributed by atoms with van der Waals surface area (Å²) in [5.41, 5.74) is -0.149. The summed E-state index contributed by atoms with van der Waals surface area (Å²) in [5, 5.41) is 9.01. The van der Waals surface area contributed by atoms with Crippen LogP contribution in [0.15, 0.2) is 23.0 Å². The number of H-pyrrole nitrogens is 1. The molecule has 5 heteroatoms. The number of aromatic amines is 1. The largest absolute Gasteiger partial charge is 0.477 e. The van der Waals surface area contributed by atoms with Crippen LogP contribution in [0.25, 0.3) is 10.9 Å². The molecule has 2 N–H and O–H groups in total. The van der Waals surface area contributed by atoms with Gasteiger partial charge in [-0.3, -0.25) is 4.79 Å². The normalized spacial score (nSPS) is 10.6. The molecule has 82 valence electrons. The molecule has 0 radical (unpaired) electrons. The van der Waals surface area contributed by atoms with Gasteiger partial charge < -0.3 is 10.1 Å². The number of pyridine rings is 1. The first-order chi connectivity index (χ1) is 7.49. The number of halogens is 1. The van der Waals surface area contributed by atoms with Gasteiger partial charge in [0.25, 0.3) is 0 Å². The lowest BCUT2D eigenvalue weighted by molar-refractivity contribution is 0.0691. The summed E-state index contributed by atoms with van der Waals surface area (Å²) in [7, 11) is 0. The Labute approximate surface area is 89.3 Å². The zero-order valence-corrected chi connectivity index (χ0v) is 8.37. The van der Waals surface area contributed by atoms with Crippen molar-refractivity contribution in [2.75, 3.05) is 0 Å². The Bertz CT molecular complexity index is 645. The molecule has 0 bridgehead atoms. The number of carboxylic acid groups (broad SMARTS) is 1. The number of nitrogens with one attached hydrogen (secondary N) is 1. The molecule has 0 unspecified atom stereocenters. The molecule has 0 saturated heterocycles. The summed E-state index contributed by atoms with van der Waals surface area (Å²) in [6.45, 7) is 1.54. The van der Waals surface area contributed by atoms with Crippen molar-refractivity contribution in [3.05, 3.63) is 45.5 Å². The van der Waals surface area contributed by atoms with Gasteiger partial charge in [0, 0.05) is 11.5 Å². The highest BCUT2D eigenvalue weighted by Gasteiger charge is 2.09. The Morgan fingerprint density at radius 3 is 2.69 bits per heavy atom. The van der Waals surface area contributed by atoms with Gasteiger partial charge in [-0.15, -0.1) is 0 Å². The molecule has 0 fully saturated rings. The molecule has 0 aliphatic heterocycles. The van der Waals surface area contributed by atoms with Crippen LogP contribution in [0.5, 0.6) is 0 Å². The topological polar surface area (TPSA) is 70.2 Å². The van der Waals surface area contributed by atoms with E-state index in [0.29, 0.717) is 5.56 Å². The smallest absolute Gasteiger partial charge is 0.352 e. The number of carbonyl (C=O) groups is 1. The maximum Gasteiger partial charge on any atom is 0.352 e. The van der Waals surface area contributed by atoms with Crippen LogP contribution in [0.2, 0.25) is 0 Å². The molecule has 1 aromatic carbocycles. The van der Waals surface area contributed by atoms with Crippen molar-refractivity contribution in [2.24, 2.45) is 0 Å². The highest BCUT2D eigenvalue weighted by molar-refractivity contribution is 5.89. The Balaban J connectivity index is 2.88. The summed E-state index contributed by atoms with van der Waals surface area (Å²) in [5.74, 6) is -1.73. The summed E-state index contributed by atoms with van der Waals surface area (Å²) in [6.07, 6.45) is 0. The van der Waals surface area contributed by atoms with Crippen molar-refractivity contribution in [3.63, 3.8) is 0 Å². The standard InChI is InChI=1S/C11H8FNO3/c1-5-2-6-8(3-7(5)12)13-9(11(15)16)4-10(6)14/h2-4H,1H3,(H,13,14)(H,15,16). The summed E-state index contributed by atoms with van der Waals surface area (Å²) < 4.78 is 13.2. The molecule has 2 rings (SSSR count). The first-order valence-electron chi connectivity index (χ1n) is 4.55. The zero-order valence-electron chi connectivity index (χ0n) is 8.37. The van der Waals surface area contributed by atoms with E-state index >= 15 is 0 Å². The Hall–Kier alpha value is -2.17. The average molecular weight is 221 g/mol. The van der Waals surface area contributed by atoms with Gasteiger partial charge >= 0.3 is 5.97 Å². The summed E-state index contributed by atoms with van der Waals surface area (Å²) >= 11 is 0. The van der Waals surface area contributed by atoms with Crippen LogP contribution in [0, 0.1) is 12.7 Å². The van der Waals surface area contributed by atoms with Crippen LogP contribution in [-0.4, -0.2) is 16.1 Å². The van der Waals surface area contributed by atoms with Crippen molar-refractivity contribution in [2.45, 2.75) is 6.92 Å². The van der Waals surface area contributed by atoms with Gasteiger partial charge in [-0.25, -0.2) is 9.18 Å². The second kappa shape index (κ2) is 3.44. The van der Waals surface area contributed by atoms with E-state index < -0.39 is 17.2 Å². The van der Waals surface area contributed by atoms with Crippen LogP contribution >= 0.6 is 0 Å². The molecule has 0 spiro atoms. The first kappa shape index (κ1) is 10.4. The van der Waals surface area contributed by atoms with Crippen LogP contribution in [0.4, 0.5) is 4.39 Å². The number of aromatic carboxylic acids is 1. The molecular weight excluding hydrogens is 213 g/mol. The minimum atomic E-state index is -1.25. The summed E-state index contributed by atoms with van der Waals surface area (Å²) in [6, 6.07) is 3.51. The predicted octanol–water partition coefficient (Wildman–Crippen LogP) is 1.67. The Kier molecular flexibility index (Phi) is 2.23. The lowest BCUT2D eigenvalue weighted by Gasteiger charge is -2.02. The molecule has 4 nitrogen and oxygen atoms in total.